The van der Waals surface area contributed by atoms with Crippen LogP contribution in [0.3, 0.4) is 0 Å². The largest absolute Gasteiger partial charge is 0.490 e. The second-order valence-electron chi connectivity index (χ2n) is 6.86. The molecule has 17 nitrogen and oxygen atoms in total. The van der Waals surface area contributed by atoms with Crippen LogP contribution in [0.15, 0.2) is 11.7 Å². The Morgan fingerprint density at radius 2 is 1.85 bits per heavy atom. The summed E-state index contributed by atoms with van der Waals surface area (Å²) in [7, 11) is -17.2. The van der Waals surface area contributed by atoms with Gasteiger partial charge in [0.05, 0.1) is 10.2 Å². The third-order valence-electron chi connectivity index (χ3n) is 4.87. The van der Waals surface area contributed by atoms with Gasteiger partial charge in [-0.15, -0.1) is 11.3 Å². The summed E-state index contributed by atoms with van der Waals surface area (Å²) < 4.78 is 51.9. The van der Waals surface area contributed by atoms with Crippen molar-refractivity contribution in [2.24, 2.45) is 0 Å². The molecule has 21 heteroatoms. The number of anilines is 1. The monoisotopic (exact) mass is 546 g/mol. The van der Waals surface area contributed by atoms with Gasteiger partial charge in [-0.2, -0.15) is 13.9 Å². The number of fused-ring (bicyclic) bond motifs is 2. The van der Waals surface area contributed by atoms with E-state index < -0.39 is 53.0 Å². The Morgan fingerprint density at radius 3 is 2.42 bits per heavy atom. The number of nitriles is 1. The maximum Gasteiger partial charge on any atom is 0.490 e. The van der Waals surface area contributed by atoms with Crippen LogP contribution in [0.25, 0.3) is 10.2 Å². The fraction of sp³-hybridized carbons (Fsp3) is 0.417. The zero-order valence-electron chi connectivity index (χ0n) is 15.6. The van der Waals surface area contributed by atoms with Gasteiger partial charge in [-0.25, -0.2) is 23.7 Å². The second-order valence-corrected chi connectivity index (χ2v) is 12.1. The molecule has 33 heavy (non-hydrogen) atoms. The molecule has 7 atom stereocenters. The summed E-state index contributed by atoms with van der Waals surface area (Å²) in [6.45, 7) is 0. The summed E-state index contributed by atoms with van der Waals surface area (Å²) in [5.74, 6) is 0.133. The Hall–Kier alpha value is -1.38. The van der Waals surface area contributed by atoms with E-state index in [0.717, 1.165) is 17.7 Å². The summed E-state index contributed by atoms with van der Waals surface area (Å²) in [5, 5.41) is 32.6. The lowest BCUT2D eigenvalue weighted by Crippen LogP contribution is -2.35. The first-order valence-electron chi connectivity index (χ1n) is 8.36. The number of rotatable bonds is 7. The number of hydrogen-bond donors (Lipinski definition) is 7. The normalized spacial score (nSPS) is 34.9. The van der Waals surface area contributed by atoms with Crippen LogP contribution in [0.2, 0.25) is 0 Å². The van der Waals surface area contributed by atoms with Gasteiger partial charge in [-0.1, -0.05) is 0 Å². The number of aliphatic hydroxyl groups is 2. The fourth-order valence-corrected chi connectivity index (χ4v) is 7.71. The van der Waals surface area contributed by atoms with Crippen LogP contribution in [-0.2, 0) is 31.6 Å². The molecule has 4 rings (SSSR count). The van der Waals surface area contributed by atoms with E-state index in [-0.39, 0.29) is 16.9 Å². The van der Waals surface area contributed by atoms with Crippen molar-refractivity contribution in [1.82, 2.24) is 9.97 Å². The van der Waals surface area contributed by atoms with Crippen LogP contribution >= 0.6 is 34.8 Å². The highest BCUT2D eigenvalue weighted by molar-refractivity contribution is 7.66. The van der Waals surface area contributed by atoms with Crippen molar-refractivity contribution in [2.75, 3.05) is 5.73 Å². The number of aliphatic hydroxyl groups excluding tert-OH is 1. The average Bonchev–Trinajstić information content (AvgIpc) is 2.94. The summed E-state index contributed by atoms with van der Waals surface area (Å²) in [6, 6.07) is 1.52. The van der Waals surface area contributed by atoms with Gasteiger partial charge in [0, 0.05) is 5.56 Å². The molecular weight excluding hydrogens is 533 g/mol. The highest BCUT2D eigenvalue weighted by Crippen LogP contribution is 2.72. The highest BCUT2D eigenvalue weighted by atomic mass is 32.1. The molecule has 2 aromatic heterocycles. The number of ether oxygens (including phenoxy) is 1. The fourth-order valence-electron chi connectivity index (χ4n) is 3.53. The molecule has 0 spiro atoms. The number of hydrogen-bond acceptors (Lipinski definition) is 14. The predicted octanol–water partition coefficient (Wildman–Crippen LogP) is -0.575. The van der Waals surface area contributed by atoms with E-state index in [4.69, 9.17) is 20.3 Å². The van der Waals surface area contributed by atoms with Crippen LogP contribution in [0.1, 0.15) is 11.7 Å². The summed E-state index contributed by atoms with van der Waals surface area (Å²) >= 11 is 1.09. The lowest BCUT2D eigenvalue weighted by atomic mass is 10.0. The Morgan fingerprint density at radius 1 is 1.18 bits per heavy atom. The molecule has 2 aliphatic rings. The van der Waals surface area contributed by atoms with E-state index >= 15 is 0 Å². The first kappa shape index (κ1) is 24.7. The minimum atomic E-state index is -5.84. The molecule has 0 amide bonds. The van der Waals surface area contributed by atoms with Gasteiger partial charge in [-0.3, -0.25) is 4.52 Å². The Bertz CT molecular complexity index is 1330. The highest BCUT2D eigenvalue weighted by Gasteiger charge is 2.90. The van der Waals surface area contributed by atoms with Crippen molar-refractivity contribution in [3.05, 3.63) is 17.3 Å². The second kappa shape index (κ2) is 7.56. The molecule has 2 aromatic rings. The van der Waals surface area contributed by atoms with E-state index in [1.165, 1.54) is 11.4 Å². The van der Waals surface area contributed by atoms with Crippen LogP contribution < -0.4 is 5.73 Å². The number of nitrogen functional groups attached to an aromatic ring is 1. The standard InChI is InChI=1S/C12H13N4O13P3S/c13-2-11-10(27-31(22,23)29-32(24,25)28-30(19,20)21)12(11,18)8(17)6(26-11)4-1-33-7-5(4)15-3-16-9(7)14/h1,3,6,8,10,17-18H,(H,22,23)(H,24,25)(H2,14,15,16)(H2,19,20,21)/t6-,8-,10?,11+,12+/m0/s1. The maximum atomic E-state index is 12.1. The molecule has 2 fully saturated rings. The minimum absolute atomic E-state index is 0.133. The third-order valence-corrected chi connectivity index (χ3v) is 9.68. The number of nitrogens with two attached hydrogens (primary N) is 1. The lowest BCUT2D eigenvalue weighted by molar-refractivity contribution is -0.0709. The number of phosphoric ester groups is 1. The predicted molar refractivity (Wildman–Crippen MR) is 104 cm³/mol. The summed E-state index contributed by atoms with van der Waals surface area (Å²) in [6.07, 6.45) is -4.22. The lowest BCUT2D eigenvalue weighted by Gasteiger charge is -2.23. The number of nitrogens with zero attached hydrogens (tertiary/aromatic N) is 3. The molecule has 1 saturated heterocycles. The van der Waals surface area contributed by atoms with Crippen LogP contribution in [0, 0.1) is 11.3 Å². The maximum absolute atomic E-state index is 12.1. The summed E-state index contributed by atoms with van der Waals surface area (Å²) in [4.78, 5) is 43.9. The Balaban J connectivity index is 1.58. The molecule has 1 aliphatic carbocycles. The Labute approximate surface area is 186 Å². The molecule has 180 valence electrons. The van der Waals surface area contributed by atoms with Crippen molar-refractivity contribution < 1.29 is 61.4 Å². The number of phosphoric acid groups is 3. The van der Waals surface area contributed by atoms with Gasteiger partial charge in [0.2, 0.25) is 5.60 Å². The van der Waals surface area contributed by atoms with E-state index in [2.05, 4.69) is 23.1 Å². The average molecular weight is 546 g/mol. The molecule has 1 aliphatic heterocycles. The first-order valence-corrected chi connectivity index (χ1v) is 13.8. The van der Waals surface area contributed by atoms with Crippen LogP contribution in [0.5, 0.6) is 0 Å². The summed E-state index contributed by atoms with van der Waals surface area (Å²) in [5.41, 5.74) is 1.22. The Kier molecular flexibility index (Phi) is 5.66. The van der Waals surface area contributed by atoms with Gasteiger partial charge in [0.25, 0.3) is 0 Å². The number of aromatic nitrogens is 2. The van der Waals surface area contributed by atoms with Crippen molar-refractivity contribution in [1.29, 1.82) is 5.26 Å². The van der Waals surface area contributed by atoms with Gasteiger partial charge in [-0.05, 0) is 5.38 Å². The quantitative estimate of drug-likeness (QED) is 0.214. The van der Waals surface area contributed by atoms with Crippen LogP contribution in [-0.4, -0.2) is 63.2 Å². The van der Waals surface area contributed by atoms with Gasteiger partial charge >= 0.3 is 23.5 Å². The first-order chi connectivity index (χ1) is 15.1. The van der Waals surface area contributed by atoms with Gasteiger partial charge in [0.15, 0.2) is 11.7 Å². The molecule has 0 bridgehead atoms. The van der Waals surface area contributed by atoms with Crippen molar-refractivity contribution in [3.8, 4) is 6.07 Å². The van der Waals surface area contributed by atoms with E-state index in [1.54, 1.807) is 0 Å². The molecule has 8 N–H and O–H groups in total. The van der Waals surface area contributed by atoms with Crippen LogP contribution in [0.4, 0.5) is 5.82 Å². The van der Waals surface area contributed by atoms with Crippen molar-refractivity contribution in [3.63, 3.8) is 0 Å². The molecule has 3 heterocycles. The third kappa shape index (κ3) is 3.96. The van der Waals surface area contributed by atoms with Gasteiger partial charge < -0.3 is 40.3 Å². The van der Waals surface area contributed by atoms with E-state index in [9.17, 15) is 39.0 Å². The smallest absolute Gasteiger partial charge is 0.387 e. The molecule has 3 unspecified atom stereocenters. The topological polar surface area (TPSA) is 285 Å². The SMILES string of the molecule is N#C[C@]12O[C@@H](c3csc4c(N)ncnc34)[C@H](O)[C@@]1(O)C2OP(=O)(O)OP(=O)(O)OP(=O)(O)O. The zero-order valence-corrected chi connectivity index (χ0v) is 19.1. The molecule has 0 radical (unpaired) electrons. The number of thiophene rings is 1. The minimum Gasteiger partial charge on any atom is -0.387 e. The van der Waals surface area contributed by atoms with E-state index in [1.807, 2.05) is 0 Å². The molecule has 0 aromatic carbocycles. The van der Waals surface area contributed by atoms with E-state index in [0.29, 0.717) is 4.70 Å². The van der Waals surface area contributed by atoms with Crippen molar-refractivity contribution in [2.45, 2.75) is 29.5 Å². The molecule has 1 saturated carbocycles. The van der Waals surface area contributed by atoms with Gasteiger partial charge in [0.1, 0.15) is 30.4 Å². The molecular formula is C12H13N4O13P3S. The van der Waals surface area contributed by atoms with Crippen molar-refractivity contribution >= 4 is 50.8 Å². The zero-order chi connectivity index (χ0) is 24.6.